The highest BCUT2D eigenvalue weighted by molar-refractivity contribution is 9.10. The summed E-state index contributed by atoms with van der Waals surface area (Å²) in [6.07, 6.45) is 4.02. The number of likely N-dealkylation sites (tertiary alicyclic amines) is 1. The summed E-state index contributed by atoms with van der Waals surface area (Å²) in [6.45, 7) is 4.81. The number of aromatic amines is 1. The second-order valence-electron chi connectivity index (χ2n) is 12.9. The number of nitrogens with zero attached hydrogens (tertiary/aromatic N) is 3. The lowest BCUT2D eigenvalue weighted by Gasteiger charge is -2.30. The second-order valence-corrected chi connectivity index (χ2v) is 13.8. The van der Waals surface area contributed by atoms with Crippen LogP contribution in [0.4, 0.5) is 9.59 Å². The third-order valence-electron chi connectivity index (χ3n) is 9.37. The van der Waals surface area contributed by atoms with Crippen molar-refractivity contribution in [2.75, 3.05) is 13.3 Å². The molecule has 4 aliphatic rings. The molecule has 3 aromatic rings. The molecule has 0 radical (unpaired) electrons. The van der Waals surface area contributed by atoms with Gasteiger partial charge in [-0.3, -0.25) is 9.69 Å². The molecule has 3 aliphatic heterocycles. The van der Waals surface area contributed by atoms with Gasteiger partial charge >= 0.3 is 12.2 Å². The minimum atomic E-state index is -0.834. The summed E-state index contributed by atoms with van der Waals surface area (Å²) in [4.78, 5) is 51.9. The molecule has 1 saturated heterocycles. The number of nitrogens with one attached hydrogen (secondary N) is 2. The molecule has 0 spiro atoms. The van der Waals surface area contributed by atoms with Crippen LogP contribution in [0.1, 0.15) is 68.9 Å². The van der Waals surface area contributed by atoms with Gasteiger partial charge in [0.15, 0.2) is 11.5 Å². The van der Waals surface area contributed by atoms with Crippen molar-refractivity contribution in [3.63, 3.8) is 0 Å². The fraction of sp³-hybridized carbons (Fsp3) is 0.471. The lowest BCUT2D eigenvalue weighted by atomic mass is 10.0. The fourth-order valence-corrected chi connectivity index (χ4v) is 7.13. The Morgan fingerprint density at radius 1 is 1.02 bits per heavy atom. The van der Waals surface area contributed by atoms with Gasteiger partial charge in [0.2, 0.25) is 12.7 Å². The molecule has 1 aromatic heterocycles. The number of H-pyrrole nitrogens is 1. The number of aromatic nitrogens is 2. The molecule has 1 aliphatic carbocycles. The van der Waals surface area contributed by atoms with E-state index in [-0.39, 0.29) is 31.3 Å². The molecule has 7 rings (SSSR count). The van der Waals surface area contributed by atoms with Crippen molar-refractivity contribution in [1.82, 2.24) is 25.1 Å². The zero-order valence-electron chi connectivity index (χ0n) is 26.4. The Morgan fingerprint density at radius 2 is 1.81 bits per heavy atom. The summed E-state index contributed by atoms with van der Waals surface area (Å²) in [6, 6.07) is 10.3. The smallest absolute Gasteiger partial charge is 0.410 e. The van der Waals surface area contributed by atoms with E-state index in [0.29, 0.717) is 36.8 Å². The van der Waals surface area contributed by atoms with Crippen LogP contribution in [0.3, 0.4) is 0 Å². The number of alkyl carbamates (subject to hydrolysis) is 1. The number of amides is 3. The lowest BCUT2D eigenvalue weighted by molar-refractivity contribution is -0.136. The van der Waals surface area contributed by atoms with Gasteiger partial charge in [0.05, 0.1) is 31.0 Å². The van der Waals surface area contributed by atoms with Crippen molar-refractivity contribution in [3.8, 4) is 22.8 Å². The number of halogens is 1. The molecule has 2 N–H and O–H groups in total. The van der Waals surface area contributed by atoms with Crippen LogP contribution in [-0.4, -0.2) is 69.4 Å². The number of carbonyl (C=O) groups is 3. The van der Waals surface area contributed by atoms with E-state index >= 15 is 0 Å². The number of ether oxygens (including phenoxy) is 4. The molecule has 4 heterocycles. The molecule has 2 aromatic carbocycles. The van der Waals surface area contributed by atoms with Gasteiger partial charge in [-0.2, -0.15) is 0 Å². The highest BCUT2D eigenvalue weighted by Crippen LogP contribution is 2.42. The summed E-state index contributed by atoms with van der Waals surface area (Å²) in [5.41, 5.74) is 3.65. The number of benzene rings is 2. The molecule has 248 valence electrons. The number of imidazole rings is 1. The highest BCUT2D eigenvalue weighted by atomic mass is 79.9. The largest absolute Gasteiger partial charge is 0.454 e. The standard InChI is InChI=1S/C34H38BrN5O7/c1-19(2)29(38-33(42)46-23-5-3-4-6-23)32(41)40-16-24(13-27(40)31-36-14-26(37-31)20-7-10-22(35)11-8-20)47-34(43)39-15-21-9-12-28-30(25(21)17-39)45-18-44-28/h7-12,14,19,23-24,27,29H,3-6,13,15-18H2,1-2H3,(H,36,37)(H,38,42)/t24-,27+,29?/m1/s1. The summed E-state index contributed by atoms with van der Waals surface area (Å²) < 4.78 is 23.8. The molecule has 3 atom stereocenters. The van der Waals surface area contributed by atoms with E-state index in [4.69, 9.17) is 18.9 Å². The van der Waals surface area contributed by atoms with Crippen molar-refractivity contribution in [1.29, 1.82) is 0 Å². The first-order valence-electron chi connectivity index (χ1n) is 16.2. The van der Waals surface area contributed by atoms with E-state index < -0.39 is 30.4 Å². The van der Waals surface area contributed by atoms with Gasteiger partial charge in [-0.05, 0) is 60.9 Å². The molecule has 2 fully saturated rings. The van der Waals surface area contributed by atoms with E-state index in [9.17, 15) is 14.4 Å². The van der Waals surface area contributed by atoms with Crippen LogP contribution in [0.15, 0.2) is 47.1 Å². The summed E-state index contributed by atoms with van der Waals surface area (Å²) in [5.74, 6) is 1.43. The van der Waals surface area contributed by atoms with Crippen LogP contribution in [0.2, 0.25) is 0 Å². The third-order valence-corrected chi connectivity index (χ3v) is 9.90. The zero-order valence-corrected chi connectivity index (χ0v) is 28.0. The average molecular weight is 709 g/mol. The molecular weight excluding hydrogens is 670 g/mol. The number of hydrogen-bond acceptors (Lipinski definition) is 8. The molecule has 13 heteroatoms. The zero-order chi connectivity index (χ0) is 32.7. The number of carbonyl (C=O) groups excluding carboxylic acids is 3. The number of hydrogen-bond donors (Lipinski definition) is 2. The van der Waals surface area contributed by atoms with Gasteiger partial charge in [-0.15, -0.1) is 0 Å². The Bertz CT molecular complexity index is 1650. The first-order valence-corrected chi connectivity index (χ1v) is 17.0. The summed E-state index contributed by atoms with van der Waals surface area (Å²) in [5, 5.41) is 2.83. The maximum Gasteiger partial charge on any atom is 0.410 e. The Kier molecular flexibility index (Phi) is 8.73. The van der Waals surface area contributed by atoms with Crippen molar-refractivity contribution in [2.24, 2.45) is 5.92 Å². The Hall–Kier alpha value is -4.26. The van der Waals surface area contributed by atoms with Crippen LogP contribution in [-0.2, 0) is 27.4 Å². The summed E-state index contributed by atoms with van der Waals surface area (Å²) in [7, 11) is 0. The number of rotatable bonds is 7. The van der Waals surface area contributed by atoms with Crippen LogP contribution >= 0.6 is 15.9 Å². The van der Waals surface area contributed by atoms with Crippen LogP contribution in [0.25, 0.3) is 11.3 Å². The Morgan fingerprint density at radius 3 is 2.57 bits per heavy atom. The van der Waals surface area contributed by atoms with Crippen LogP contribution < -0.4 is 14.8 Å². The lowest BCUT2D eigenvalue weighted by Crippen LogP contribution is -2.52. The van der Waals surface area contributed by atoms with Crippen molar-refractivity contribution < 1.29 is 33.3 Å². The minimum absolute atomic E-state index is 0.127. The maximum atomic E-state index is 14.2. The molecule has 0 bridgehead atoms. The maximum absolute atomic E-state index is 14.2. The van der Waals surface area contributed by atoms with Gasteiger partial charge in [-0.25, -0.2) is 14.6 Å². The van der Waals surface area contributed by atoms with Gasteiger partial charge in [0, 0.05) is 23.0 Å². The molecular formula is C34H38BrN5O7. The normalized spacial score (nSPS) is 20.9. The SMILES string of the molecule is CC(C)C(NC(=O)OC1CCCC1)C(=O)N1C[C@H](OC(=O)N2Cc3ccc4c(c3C2)OCO4)C[C@H]1c1ncc(-c2ccc(Br)cc2)[nH]1. The Balaban J connectivity index is 1.09. The quantitative estimate of drug-likeness (QED) is 0.303. The second kappa shape index (κ2) is 13.1. The van der Waals surface area contributed by atoms with Gasteiger partial charge in [0.1, 0.15) is 24.1 Å². The number of fused-ring (bicyclic) bond motifs is 3. The van der Waals surface area contributed by atoms with E-state index in [1.54, 1.807) is 16.0 Å². The van der Waals surface area contributed by atoms with Crippen molar-refractivity contribution in [3.05, 3.63) is 64.0 Å². The molecule has 47 heavy (non-hydrogen) atoms. The van der Waals surface area contributed by atoms with Crippen molar-refractivity contribution >= 4 is 34.0 Å². The Labute approximate surface area is 281 Å². The first-order chi connectivity index (χ1) is 22.7. The van der Waals surface area contributed by atoms with E-state index in [0.717, 1.165) is 52.5 Å². The third kappa shape index (κ3) is 6.50. The predicted octanol–water partition coefficient (Wildman–Crippen LogP) is 6.06. The van der Waals surface area contributed by atoms with Gasteiger partial charge in [0.25, 0.3) is 0 Å². The van der Waals surface area contributed by atoms with Gasteiger partial charge < -0.3 is 34.1 Å². The molecule has 1 unspecified atom stereocenters. The van der Waals surface area contributed by atoms with E-state index in [1.165, 1.54) is 0 Å². The average Bonchev–Trinajstić information content (AvgIpc) is 3.88. The van der Waals surface area contributed by atoms with Crippen LogP contribution in [0, 0.1) is 5.92 Å². The van der Waals surface area contributed by atoms with Crippen molar-refractivity contribution in [2.45, 2.75) is 83.3 Å². The predicted molar refractivity (Wildman–Crippen MR) is 173 cm³/mol. The minimum Gasteiger partial charge on any atom is -0.454 e. The first kappa shape index (κ1) is 31.3. The topological polar surface area (TPSA) is 135 Å². The fourth-order valence-electron chi connectivity index (χ4n) is 6.87. The van der Waals surface area contributed by atoms with E-state index in [2.05, 4.69) is 31.2 Å². The van der Waals surface area contributed by atoms with Crippen LogP contribution in [0.5, 0.6) is 11.5 Å². The molecule has 3 amide bonds. The molecule has 1 saturated carbocycles. The monoisotopic (exact) mass is 707 g/mol. The summed E-state index contributed by atoms with van der Waals surface area (Å²) >= 11 is 3.47. The van der Waals surface area contributed by atoms with Gasteiger partial charge in [-0.1, -0.05) is 48.0 Å². The highest BCUT2D eigenvalue weighted by Gasteiger charge is 2.44. The van der Waals surface area contributed by atoms with E-state index in [1.807, 2.05) is 50.2 Å². The molecule has 12 nitrogen and oxygen atoms in total.